The Morgan fingerprint density at radius 1 is 1.61 bits per heavy atom. The Balaban J connectivity index is 2.16. The number of nitrogens with two attached hydrogens (primary N) is 1. The van der Waals surface area contributed by atoms with Crippen LogP contribution in [0.25, 0.3) is 0 Å². The van der Waals surface area contributed by atoms with Gasteiger partial charge in [-0.2, -0.15) is 0 Å². The molecule has 2 rings (SSSR count). The lowest BCUT2D eigenvalue weighted by atomic mass is 10.0. The minimum Gasteiger partial charge on any atom is -0.393 e. The molecular weight excluding hydrogens is 268 g/mol. The summed E-state index contributed by atoms with van der Waals surface area (Å²) in [6.45, 7) is 3.65. The van der Waals surface area contributed by atoms with Crippen LogP contribution >= 0.6 is 23.8 Å². The number of hydrogen-bond acceptors (Lipinski definition) is 3. The lowest BCUT2D eigenvalue weighted by molar-refractivity contribution is 0.136. The van der Waals surface area contributed by atoms with Crippen molar-refractivity contribution >= 4 is 34.5 Å². The third-order valence-electron chi connectivity index (χ3n) is 3.49. The highest BCUT2D eigenvalue weighted by molar-refractivity contribution is 7.80. The van der Waals surface area contributed by atoms with Crippen LogP contribution in [0.1, 0.15) is 18.9 Å². The second-order valence-corrected chi connectivity index (χ2v) is 5.61. The molecule has 0 bridgehead atoms. The molecule has 1 fully saturated rings. The van der Waals surface area contributed by atoms with Gasteiger partial charge in [0.15, 0.2) is 0 Å². The Morgan fingerprint density at radius 3 is 2.83 bits per heavy atom. The van der Waals surface area contributed by atoms with E-state index in [1.807, 2.05) is 25.1 Å². The molecule has 0 spiro atoms. The zero-order valence-electron chi connectivity index (χ0n) is 10.3. The summed E-state index contributed by atoms with van der Waals surface area (Å²) in [6, 6.07) is 5.72. The van der Waals surface area contributed by atoms with Crippen LogP contribution in [0.3, 0.4) is 0 Å². The minimum absolute atomic E-state index is 0.263. The Kier molecular flexibility index (Phi) is 4.10. The Morgan fingerprint density at radius 2 is 2.33 bits per heavy atom. The van der Waals surface area contributed by atoms with E-state index in [0.717, 1.165) is 25.2 Å². The molecule has 3 N–H and O–H groups in total. The van der Waals surface area contributed by atoms with Crippen LogP contribution in [0, 0.1) is 5.92 Å². The van der Waals surface area contributed by atoms with Crippen molar-refractivity contribution in [2.45, 2.75) is 19.4 Å². The average molecular weight is 285 g/mol. The summed E-state index contributed by atoms with van der Waals surface area (Å²) in [6.07, 6.45) is 0.744. The fraction of sp³-hybridized carbons (Fsp3) is 0.462. The summed E-state index contributed by atoms with van der Waals surface area (Å²) in [4.78, 5) is 2.54. The summed E-state index contributed by atoms with van der Waals surface area (Å²) < 4.78 is 0. The molecule has 5 heteroatoms. The molecule has 1 aliphatic rings. The second-order valence-electron chi connectivity index (χ2n) is 4.76. The van der Waals surface area contributed by atoms with Gasteiger partial charge in [0, 0.05) is 30.3 Å². The van der Waals surface area contributed by atoms with Gasteiger partial charge >= 0.3 is 0 Å². The minimum atomic E-state index is -0.263. The zero-order chi connectivity index (χ0) is 13.3. The fourth-order valence-electron chi connectivity index (χ4n) is 2.32. The molecule has 1 aromatic rings. The van der Waals surface area contributed by atoms with Gasteiger partial charge in [0.25, 0.3) is 0 Å². The molecule has 1 heterocycles. The van der Waals surface area contributed by atoms with Gasteiger partial charge in [0.1, 0.15) is 4.99 Å². The van der Waals surface area contributed by atoms with Gasteiger partial charge in [-0.25, -0.2) is 0 Å². The molecule has 18 heavy (non-hydrogen) atoms. The third kappa shape index (κ3) is 2.76. The topological polar surface area (TPSA) is 49.5 Å². The first kappa shape index (κ1) is 13.6. The molecular formula is C13H17ClN2OS. The smallest absolute Gasteiger partial charge is 0.105 e. The number of aliphatic hydroxyl groups excluding tert-OH is 1. The highest BCUT2D eigenvalue weighted by Gasteiger charge is 2.26. The van der Waals surface area contributed by atoms with Crippen molar-refractivity contribution < 1.29 is 5.11 Å². The number of halogens is 1. The largest absolute Gasteiger partial charge is 0.393 e. The maximum absolute atomic E-state index is 9.60. The van der Waals surface area contributed by atoms with Crippen molar-refractivity contribution in [2.75, 3.05) is 18.0 Å². The molecule has 0 radical (unpaired) electrons. The van der Waals surface area contributed by atoms with Gasteiger partial charge in [-0.1, -0.05) is 23.8 Å². The monoisotopic (exact) mass is 284 g/mol. The highest BCUT2D eigenvalue weighted by Crippen LogP contribution is 2.29. The van der Waals surface area contributed by atoms with Gasteiger partial charge < -0.3 is 15.7 Å². The van der Waals surface area contributed by atoms with E-state index >= 15 is 0 Å². The van der Waals surface area contributed by atoms with Crippen molar-refractivity contribution in [3.8, 4) is 0 Å². The number of nitrogens with zero attached hydrogens (tertiary/aromatic N) is 1. The first-order valence-electron chi connectivity index (χ1n) is 6.01. The molecule has 3 nitrogen and oxygen atoms in total. The Hall–Kier alpha value is -0.840. The van der Waals surface area contributed by atoms with Crippen LogP contribution < -0.4 is 10.6 Å². The first-order valence-corrected chi connectivity index (χ1v) is 6.80. The Bertz CT molecular complexity index is 464. The van der Waals surface area contributed by atoms with Crippen LogP contribution in [0.15, 0.2) is 18.2 Å². The molecule has 0 aliphatic carbocycles. The summed E-state index contributed by atoms with van der Waals surface area (Å²) >= 11 is 11.1. The maximum atomic E-state index is 9.60. The number of benzene rings is 1. The first-order chi connectivity index (χ1) is 8.49. The zero-order valence-corrected chi connectivity index (χ0v) is 11.8. The maximum Gasteiger partial charge on any atom is 0.105 e. The molecule has 1 saturated heterocycles. The van der Waals surface area contributed by atoms with E-state index in [9.17, 15) is 5.11 Å². The average Bonchev–Trinajstić information content (AvgIpc) is 2.77. The predicted octanol–water partition coefficient (Wildman–Crippen LogP) is 2.18. The summed E-state index contributed by atoms with van der Waals surface area (Å²) in [5, 5.41) is 10.2. The summed E-state index contributed by atoms with van der Waals surface area (Å²) in [5.74, 6) is 0.332. The van der Waals surface area contributed by atoms with E-state index in [1.54, 1.807) is 0 Å². The van der Waals surface area contributed by atoms with Crippen LogP contribution in [0.2, 0.25) is 5.02 Å². The fourth-order valence-corrected chi connectivity index (χ4v) is 2.83. The van der Waals surface area contributed by atoms with Gasteiger partial charge in [0.05, 0.1) is 11.1 Å². The quantitative estimate of drug-likeness (QED) is 0.836. The third-order valence-corrected chi connectivity index (χ3v) is 4.02. The highest BCUT2D eigenvalue weighted by atomic mass is 35.5. The van der Waals surface area contributed by atoms with Crippen molar-refractivity contribution in [1.82, 2.24) is 0 Å². The second kappa shape index (κ2) is 5.43. The van der Waals surface area contributed by atoms with E-state index in [2.05, 4.69) is 4.90 Å². The number of thiocarbonyl (C=S) groups is 1. The van der Waals surface area contributed by atoms with E-state index in [-0.39, 0.29) is 6.10 Å². The molecule has 1 aromatic carbocycles. The number of rotatable bonds is 3. The summed E-state index contributed by atoms with van der Waals surface area (Å²) in [7, 11) is 0. The van der Waals surface area contributed by atoms with E-state index in [0.29, 0.717) is 21.5 Å². The van der Waals surface area contributed by atoms with Crippen molar-refractivity contribution in [3.63, 3.8) is 0 Å². The van der Waals surface area contributed by atoms with Crippen LogP contribution in [-0.4, -0.2) is 29.3 Å². The van der Waals surface area contributed by atoms with Gasteiger partial charge in [-0.05, 0) is 31.5 Å². The standard InChI is InChI=1S/C13H17ClN2OS/c1-8(17)9-4-5-16(7-9)10-2-3-11(13(15)18)12(14)6-10/h2-3,6,8-9,17H,4-5,7H2,1H3,(H2,15,18). The number of aliphatic hydroxyl groups is 1. The molecule has 2 atom stereocenters. The van der Waals surface area contributed by atoms with Gasteiger partial charge in [-0.3, -0.25) is 0 Å². The summed E-state index contributed by atoms with van der Waals surface area (Å²) in [5.41, 5.74) is 7.35. The molecule has 0 aromatic heterocycles. The Labute approximate surface area is 118 Å². The molecule has 0 amide bonds. The SMILES string of the molecule is CC(O)C1CCN(c2ccc(C(N)=S)c(Cl)c2)C1. The van der Waals surface area contributed by atoms with E-state index in [4.69, 9.17) is 29.6 Å². The van der Waals surface area contributed by atoms with Gasteiger partial charge in [-0.15, -0.1) is 0 Å². The van der Waals surface area contributed by atoms with Crippen LogP contribution in [0.5, 0.6) is 0 Å². The van der Waals surface area contributed by atoms with Crippen LogP contribution in [-0.2, 0) is 0 Å². The number of anilines is 1. The molecule has 0 saturated carbocycles. The predicted molar refractivity (Wildman–Crippen MR) is 79.3 cm³/mol. The number of hydrogen-bond donors (Lipinski definition) is 2. The van der Waals surface area contributed by atoms with Crippen molar-refractivity contribution in [3.05, 3.63) is 28.8 Å². The molecule has 2 unspecified atom stereocenters. The van der Waals surface area contributed by atoms with Crippen LogP contribution in [0.4, 0.5) is 5.69 Å². The molecule has 98 valence electrons. The van der Waals surface area contributed by atoms with E-state index < -0.39 is 0 Å². The van der Waals surface area contributed by atoms with E-state index in [1.165, 1.54) is 0 Å². The van der Waals surface area contributed by atoms with Gasteiger partial charge in [0.2, 0.25) is 0 Å². The van der Waals surface area contributed by atoms with Crippen molar-refractivity contribution in [2.24, 2.45) is 11.7 Å². The lowest BCUT2D eigenvalue weighted by Crippen LogP contribution is -2.24. The molecule has 1 aliphatic heterocycles. The van der Waals surface area contributed by atoms with Crippen molar-refractivity contribution in [1.29, 1.82) is 0 Å². The normalized spacial score (nSPS) is 21.1. The lowest BCUT2D eigenvalue weighted by Gasteiger charge is -2.20.